The number of rotatable bonds is 5. The lowest BCUT2D eigenvalue weighted by Gasteiger charge is -2.09. The van der Waals surface area contributed by atoms with Gasteiger partial charge in [-0.1, -0.05) is 30.3 Å². The Kier molecular flexibility index (Phi) is 4.76. The maximum Gasteiger partial charge on any atom is 0.377 e. The summed E-state index contributed by atoms with van der Waals surface area (Å²) in [4.78, 5) is 21.8. The number of halogens is 2. The highest BCUT2D eigenvalue weighted by atomic mass is 19.3. The normalized spacial score (nSPS) is 10.8. The number of carbonyl (C=O) groups excluding carboxylic acids is 2. The molecule has 0 N–H and O–H groups in total. The molecule has 1 aromatic carbocycles. The van der Waals surface area contributed by atoms with Gasteiger partial charge in [0.15, 0.2) is 6.61 Å². The van der Waals surface area contributed by atoms with Crippen LogP contribution in [0.5, 0.6) is 0 Å². The Labute approximate surface area is 103 Å². The van der Waals surface area contributed by atoms with E-state index >= 15 is 0 Å². The topological polar surface area (TPSA) is 52.6 Å². The molecule has 4 nitrogen and oxygen atoms in total. The molecule has 98 valence electrons. The summed E-state index contributed by atoms with van der Waals surface area (Å²) in [6.45, 7) is -0.431. The van der Waals surface area contributed by atoms with Crippen molar-refractivity contribution in [2.24, 2.45) is 0 Å². The van der Waals surface area contributed by atoms with Crippen molar-refractivity contribution in [2.75, 3.05) is 6.61 Å². The Morgan fingerprint density at radius 2 is 1.78 bits per heavy atom. The minimum atomic E-state index is -3.61. The molecule has 0 spiro atoms. The van der Waals surface area contributed by atoms with Crippen molar-refractivity contribution in [3.8, 4) is 0 Å². The van der Waals surface area contributed by atoms with Gasteiger partial charge < -0.3 is 9.47 Å². The third-order valence-corrected chi connectivity index (χ3v) is 1.92. The average Bonchev–Trinajstić information content (AvgIpc) is 2.33. The zero-order valence-corrected chi connectivity index (χ0v) is 9.69. The SMILES string of the molecule is CC(F)(F)C(=O)OCC(=O)OCc1ccccc1. The lowest BCUT2D eigenvalue weighted by molar-refractivity contribution is -0.175. The fourth-order valence-corrected chi connectivity index (χ4v) is 1.03. The van der Waals surface area contributed by atoms with Crippen molar-refractivity contribution in [2.45, 2.75) is 19.5 Å². The fourth-order valence-electron chi connectivity index (χ4n) is 1.03. The molecule has 0 aliphatic rings. The third-order valence-electron chi connectivity index (χ3n) is 1.92. The van der Waals surface area contributed by atoms with Crippen molar-refractivity contribution >= 4 is 11.9 Å². The predicted molar refractivity (Wildman–Crippen MR) is 57.8 cm³/mol. The Bertz CT molecular complexity index is 412. The number of esters is 2. The van der Waals surface area contributed by atoms with Crippen molar-refractivity contribution in [3.63, 3.8) is 0 Å². The van der Waals surface area contributed by atoms with Crippen molar-refractivity contribution in [3.05, 3.63) is 35.9 Å². The third kappa shape index (κ3) is 4.90. The van der Waals surface area contributed by atoms with Crippen LogP contribution in [-0.4, -0.2) is 24.5 Å². The van der Waals surface area contributed by atoms with Gasteiger partial charge in [0, 0.05) is 6.92 Å². The van der Waals surface area contributed by atoms with E-state index in [9.17, 15) is 18.4 Å². The van der Waals surface area contributed by atoms with Crippen LogP contribution >= 0.6 is 0 Å². The van der Waals surface area contributed by atoms with E-state index < -0.39 is 24.5 Å². The van der Waals surface area contributed by atoms with Gasteiger partial charge in [-0.3, -0.25) is 0 Å². The maximum atomic E-state index is 12.4. The summed E-state index contributed by atoms with van der Waals surface area (Å²) in [5.74, 6) is -6.24. The van der Waals surface area contributed by atoms with Gasteiger partial charge in [0.25, 0.3) is 0 Å². The monoisotopic (exact) mass is 258 g/mol. The van der Waals surface area contributed by atoms with E-state index in [1.165, 1.54) is 0 Å². The predicted octanol–water partition coefficient (Wildman–Crippen LogP) is 1.93. The second-order valence-corrected chi connectivity index (χ2v) is 3.61. The van der Waals surface area contributed by atoms with E-state index in [0.717, 1.165) is 5.56 Å². The Morgan fingerprint density at radius 3 is 2.33 bits per heavy atom. The van der Waals surface area contributed by atoms with E-state index in [1.54, 1.807) is 30.3 Å². The molecule has 0 saturated heterocycles. The van der Waals surface area contributed by atoms with Gasteiger partial charge in [0.05, 0.1) is 0 Å². The molecule has 6 heteroatoms. The van der Waals surface area contributed by atoms with E-state index in [2.05, 4.69) is 4.74 Å². The molecule has 0 saturated carbocycles. The van der Waals surface area contributed by atoms with E-state index in [-0.39, 0.29) is 6.61 Å². The molecular formula is C12H12F2O4. The number of alkyl halides is 2. The summed E-state index contributed by atoms with van der Waals surface area (Å²) in [6.07, 6.45) is 0. The smallest absolute Gasteiger partial charge is 0.377 e. The van der Waals surface area contributed by atoms with Crippen molar-refractivity contribution < 1.29 is 27.8 Å². The number of carbonyl (C=O) groups is 2. The minimum Gasteiger partial charge on any atom is -0.458 e. The summed E-state index contributed by atoms with van der Waals surface area (Å²) in [5, 5.41) is 0. The molecule has 0 heterocycles. The van der Waals surface area contributed by atoms with Crippen LogP contribution in [0.1, 0.15) is 12.5 Å². The molecular weight excluding hydrogens is 246 g/mol. The lowest BCUT2D eigenvalue weighted by atomic mass is 10.2. The van der Waals surface area contributed by atoms with E-state index in [4.69, 9.17) is 4.74 Å². The molecule has 0 fully saturated rings. The summed E-state index contributed by atoms with van der Waals surface area (Å²) >= 11 is 0. The first-order chi connectivity index (χ1) is 8.39. The molecule has 0 unspecified atom stereocenters. The molecule has 0 radical (unpaired) electrons. The van der Waals surface area contributed by atoms with Gasteiger partial charge >= 0.3 is 17.9 Å². The van der Waals surface area contributed by atoms with Crippen LogP contribution in [0.25, 0.3) is 0 Å². The highest BCUT2D eigenvalue weighted by molar-refractivity contribution is 5.80. The molecule has 0 bridgehead atoms. The maximum absolute atomic E-state index is 12.4. The van der Waals surface area contributed by atoms with Gasteiger partial charge in [-0.05, 0) is 5.56 Å². The molecule has 0 atom stereocenters. The Hall–Kier alpha value is -1.98. The fraction of sp³-hybridized carbons (Fsp3) is 0.333. The van der Waals surface area contributed by atoms with Crippen molar-refractivity contribution in [1.82, 2.24) is 0 Å². The van der Waals surface area contributed by atoms with Crippen LogP contribution in [0.15, 0.2) is 30.3 Å². The number of hydrogen-bond donors (Lipinski definition) is 0. The zero-order valence-electron chi connectivity index (χ0n) is 9.69. The van der Waals surface area contributed by atoms with Gasteiger partial charge in [-0.25, -0.2) is 9.59 Å². The lowest BCUT2D eigenvalue weighted by Crippen LogP contribution is -2.29. The molecule has 0 aliphatic carbocycles. The number of hydrogen-bond acceptors (Lipinski definition) is 4. The quantitative estimate of drug-likeness (QED) is 0.757. The van der Waals surface area contributed by atoms with Crippen LogP contribution < -0.4 is 0 Å². The summed E-state index contributed by atoms with van der Waals surface area (Å²) in [5.41, 5.74) is 0.748. The summed E-state index contributed by atoms with van der Waals surface area (Å²) < 4.78 is 33.6. The van der Waals surface area contributed by atoms with Crippen LogP contribution in [0.4, 0.5) is 8.78 Å². The van der Waals surface area contributed by atoms with Crippen LogP contribution in [0.2, 0.25) is 0 Å². The highest BCUT2D eigenvalue weighted by Crippen LogP contribution is 2.13. The first-order valence-electron chi connectivity index (χ1n) is 5.14. The molecule has 1 rings (SSSR count). The van der Waals surface area contributed by atoms with Crippen LogP contribution in [0.3, 0.4) is 0 Å². The van der Waals surface area contributed by atoms with E-state index in [1.807, 2.05) is 0 Å². The van der Waals surface area contributed by atoms with Crippen molar-refractivity contribution in [1.29, 1.82) is 0 Å². The molecule has 18 heavy (non-hydrogen) atoms. The standard InChI is InChI=1S/C12H12F2O4/c1-12(13,14)11(16)18-8-10(15)17-7-9-5-3-2-4-6-9/h2-6H,7-8H2,1H3. The Morgan fingerprint density at radius 1 is 1.17 bits per heavy atom. The van der Waals surface area contributed by atoms with Gasteiger partial charge in [-0.15, -0.1) is 0 Å². The zero-order chi connectivity index (χ0) is 13.6. The molecule has 0 amide bonds. The molecule has 0 aromatic heterocycles. The second kappa shape index (κ2) is 6.09. The second-order valence-electron chi connectivity index (χ2n) is 3.61. The van der Waals surface area contributed by atoms with E-state index in [0.29, 0.717) is 6.92 Å². The Balaban J connectivity index is 2.29. The first-order valence-corrected chi connectivity index (χ1v) is 5.14. The first kappa shape index (κ1) is 14.1. The minimum absolute atomic E-state index is 0.000256. The average molecular weight is 258 g/mol. The molecule has 0 aliphatic heterocycles. The van der Waals surface area contributed by atoms with Gasteiger partial charge in [-0.2, -0.15) is 8.78 Å². The van der Waals surface area contributed by atoms with Crippen LogP contribution in [0, 0.1) is 0 Å². The number of benzene rings is 1. The van der Waals surface area contributed by atoms with Gasteiger partial charge in [0.2, 0.25) is 0 Å². The van der Waals surface area contributed by atoms with Crippen LogP contribution in [-0.2, 0) is 25.7 Å². The number of ether oxygens (including phenoxy) is 2. The highest BCUT2D eigenvalue weighted by Gasteiger charge is 2.34. The van der Waals surface area contributed by atoms with Gasteiger partial charge in [0.1, 0.15) is 6.61 Å². The summed E-state index contributed by atoms with van der Waals surface area (Å²) in [6, 6.07) is 8.80. The summed E-state index contributed by atoms with van der Waals surface area (Å²) in [7, 11) is 0. The largest absolute Gasteiger partial charge is 0.458 e. The molecule has 1 aromatic rings.